The molecule has 0 spiro atoms. The third-order valence-corrected chi connectivity index (χ3v) is 3.53. The van der Waals surface area contributed by atoms with E-state index in [-0.39, 0.29) is 0 Å². The van der Waals surface area contributed by atoms with Gasteiger partial charge in [0.25, 0.3) is 0 Å². The second kappa shape index (κ2) is 5.97. The van der Waals surface area contributed by atoms with Crippen LogP contribution in [0.4, 0.5) is 5.82 Å². The molecule has 0 fully saturated rings. The lowest BCUT2D eigenvalue weighted by atomic mass is 10.1. The Hall–Kier alpha value is -1.69. The van der Waals surface area contributed by atoms with Crippen LogP contribution in [-0.2, 0) is 7.05 Å². The van der Waals surface area contributed by atoms with Gasteiger partial charge in [-0.1, -0.05) is 13.8 Å². The van der Waals surface area contributed by atoms with Crippen LogP contribution in [-0.4, -0.2) is 38.9 Å². The summed E-state index contributed by atoms with van der Waals surface area (Å²) >= 11 is 0. The minimum Gasteiger partial charge on any atom is -0.352 e. The first kappa shape index (κ1) is 13.7. The average molecular weight is 262 g/mol. The fourth-order valence-electron chi connectivity index (χ4n) is 2.51. The maximum Gasteiger partial charge on any atom is 0.163 e. The summed E-state index contributed by atoms with van der Waals surface area (Å²) in [6.07, 6.45) is 5.58. The molecule has 0 bridgehead atoms. The second-order valence-corrected chi connectivity index (χ2v) is 4.66. The molecule has 104 valence electrons. The molecule has 0 aliphatic rings. The van der Waals surface area contributed by atoms with Gasteiger partial charge >= 0.3 is 0 Å². The Morgan fingerprint density at radius 2 is 2.05 bits per heavy atom. The third-order valence-electron chi connectivity index (χ3n) is 3.53. The Kier molecular flexibility index (Phi) is 4.31. The van der Waals surface area contributed by atoms with Crippen molar-refractivity contribution in [3.8, 4) is 0 Å². The summed E-state index contributed by atoms with van der Waals surface area (Å²) in [6, 6.07) is 0.446. The lowest BCUT2D eigenvalue weighted by Gasteiger charge is -2.31. The molecule has 6 heteroatoms. The number of aryl methyl sites for hydroxylation is 1. The van der Waals surface area contributed by atoms with Crippen molar-refractivity contribution in [3.05, 3.63) is 12.5 Å². The number of hydrogen-bond acceptors (Lipinski definition) is 5. The first-order valence-electron chi connectivity index (χ1n) is 6.82. The minimum absolute atomic E-state index is 0.446. The summed E-state index contributed by atoms with van der Waals surface area (Å²) in [5.41, 5.74) is 6.62. The van der Waals surface area contributed by atoms with Gasteiger partial charge in [-0.15, -0.1) is 0 Å². The van der Waals surface area contributed by atoms with Gasteiger partial charge in [0.15, 0.2) is 5.65 Å². The van der Waals surface area contributed by atoms with Crippen LogP contribution in [0.5, 0.6) is 0 Å². The number of anilines is 1. The first-order chi connectivity index (χ1) is 9.22. The zero-order valence-electron chi connectivity index (χ0n) is 11.9. The monoisotopic (exact) mass is 262 g/mol. The van der Waals surface area contributed by atoms with E-state index in [0.717, 1.165) is 36.2 Å². The van der Waals surface area contributed by atoms with Crippen molar-refractivity contribution in [3.63, 3.8) is 0 Å². The first-order valence-corrected chi connectivity index (χ1v) is 6.82. The molecule has 2 rings (SSSR count). The highest BCUT2D eigenvalue weighted by Gasteiger charge is 2.20. The second-order valence-electron chi connectivity index (χ2n) is 4.66. The molecule has 0 saturated carbocycles. The van der Waals surface area contributed by atoms with Crippen LogP contribution in [0.3, 0.4) is 0 Å². The van der Waals surface area contributed by atoms with Crippen molar-refractivity contribution in [2.45, 2.75) is 32.7 Å². The molecule has 0 amide bonds. The lowest BCUT2D eigenvalue weighted by Crippen LogP contribution is -2.39. The Morgan fingerprint density at radius 3 is 2.68 bits per heavy atom. The lowest BCUT2D eigenvalue weighted by molar-refractivity contribution is 0.555. The van der Waals surface area contributed by atoms with Gasteiger partial charge < -0.3 is 10.6 Å². The number of nitrogens with zero attached hydrogens (tertiary/aromatic N) is 5. The van der Waals surface area contributed by atoms with Crippen LogP contribution in [0.1, 0.15) is 26.7 Å². The Morgan fingerprint density at radius 1 is 1.32 bits per heavy atom. The normalized spacial score (nSPS) is 11.4. The zero-order valence-corrected chi connectivity index (χ0v) is 11.9. The molecule has 2 aromatic heterocycles. The molecule has 0 aromatic carbocycles. The molecule has 19 heavy (non-hydrogen) atoms. The SMILES string of the molecule is CCC(CC)N(CCN)c1ncnc2c1cnn2C. The summed E-state index contributed by atoms with van der Waals surface area (Å²) in [5, 5.41) is 5.26. The van der Waals surface area contributed by atoms with Crippen molar-refractivity contribution in [2.75, 3.05) is 18.0 Å². The molecule has 2 heterocycles. The number of hydrogen-bond donors (Lipinski definition) is 1. The number of rotatable bonds is 6. The van der Waals surface area contributed by atoms with Crippen LogP contribution in [0.15, 0.2) is 12.5 Å². The maximum absolute atomic E-state index is 5.76. The van der Waals surface area contributed by atoms with E-state index >= 15 is 0 Å². The van der Waals surface area contributed by atoms with E-state index < -0.39 is 0 Å². The van der Waals surface area contributed by atoms with E-state index in [9.17, 15) is 0 Å². The van der Waals surface area contributed by atoms with Crippen molar-refractivity contribution in [1.29, 1.82) is 0 Å². The van der Waals surface area contributed by atoms with E-state index in [0.29, 0.717) is 12.6 Å². The molecule has 2 N–H and O–H groups in total. The standard InChI is InChI=1S/C13H22N6/c1-4-10(5-2)19(7-6-14)13-11-8-17-18(3)12(11)15-9-16-13/h8-10H,4-7,14H2,1-3H3. The van der Waals surface area contributed by atoms with Crippen molar-refractivity contribution >= 4 is 16.9 Å². The van der Waals surface area contributed by atoms with E-state index in [2.05, 4.69) is 33.8 Å². The van der Waals surface area contributed by atoms with E-state index in [1.54, 1.807) is 11.0 Å². The third kappa shape index (κ3) is 2.53. The van der Waals surface area contributed by atoms with E-state index in [1.165, 1.54) is 0 Å². The van der Waals surface area contributed by atoms with Gasteiger partial charge in [-0.3, -0.25) is 4.68 Å². The van der Waals surface area contributed by atoms with Crippen LogP contribution < -0.4 is 10.6 Å². The van der Waals surface area contributed by atoms with Gasteiger partial charge in [0.2, 0.25) is 0 Å². The zero-order chi connectivity index (χ0) is 13.8. The van der Waals surface area contributed by atoms with Crippen LogP contribution >= 0.6 is 0 Å². The molecule has 0 unspecified atom stereocenters. The Bertz CT molecular complexity index is 531. The minimum atomic E-state index is 0.446. The van der Waals surface area contributed by atoms with Crippen LogP contribution in [0.2, 0.25) is 0 Å². The molecule has 6 nitrogen and oxygen atoms in total. The molecular formula is C13H22N6. The van der Waals surface area contributed by atoms with Crippen LogP contribution in [0.25, 0.3) is 11.0 Å². The Labute approximate surface area is 113 Å². The maximum atomic E-state index is 5.76. The summed E-state index contributed by atoms with van der Waals surface area (Å²) in [7, 11) is 1.89. The Balaban J connectivity index is 2.49. The number of nitrogens with two attached hydrogens (primary N) is 1. The highest BCUT2D eigenvalue weighted by Crippen LogP contribution is 2.25. The van der Waals surface area contributed by atoms with Crippen LogP contribution in [0, 0.1) is 0 Å². The molecule has 0 aliphatic heterocycles. The summed E-state index contributed by atoms with van der Waals surface area (Å²) in [6.45, 7) is 5.80. The smallest absolute Gasteiger partial charge is 0.163 e. The molecule has 0 radical (unpaired) electrons. The average Bonchev–Trinajstić information content (AvgIpc) is 2.81. The number of fused-ring (bicyclic) bond motifs is 1. The van der Waals surface area contributed by atoms with Gasteiger partial charge in [0, 0.05) is 26.2 Å². The quantitative estimate of drug-likeness (QED) is 0.850. The van der Waals surface area contributed by atoms with Gasteiger partial charge in [-0.05, 0) is 12.8 Å². The van der Waals surface area contributed by atoms with E-state index in [1.807, 2.05) is 13.2 Å². The van der Waals surface area contributed by atoms with Gasteiger partial charge in [-0.2, -0.15) is 5.10 Å². The molecule has 2 aromatic rings. The molecule has 0 aliphatic carbocycles. The molecular weight excluding hydrogens is 240 g/mol. The van der Waals surface area contributed by atoms with Crippen molar-refractivity contribution < 1.29 is 0 Å². The highest BCUT2D eigenvalue weighted by molar-refractivity contribution is 5.86. The number of aromatic nitrogens is 4. The highest BCUT2D eigenvalue weighted by atomic mass is 15.3. The fraction of sp³-hybridized carbons (Fsp3) is 0.615. The largest absolute Gasteiger partial charge is 0.352 e. The summed E-state index contributed by atoms with van der Waals surface area (Å²) in [5.74, 6) is 0.942. The van der Waals surface area contributed by atoms with Crippen molar-refractivity contribution in [2.24, 2.45) is 12.8 Å². The summed E-state index contributed by atoms with van der Waals surface area (Å²) < 4.78 is 1.77. The van der Waals surface area contributed by atoms with Gasteiger partial charge in [0.1, 0.15) is 12.1 Å². The van der Waals surface area contributed by atoms with Gasteiger partial charge in [-0.25, -0.2) is 9.97 Å². The van der Waals surface area contributed by atoms with Crippen molar-refractivity contribution in [1.82, 2.24) is 19.7 Å². The molecule has 0 saturated heterocycles. The summed E-state index contributed by atoms with van der Waals surface area (Å²) in [4.78, 5) is 11.0. The predicted octanol–water partition coefficient (Wildman–Crippen LogP) is 1.32. The fourth-order valence-corrected chi connectivity index (χ4v) is 2.51. The van der Waals surface area contributed by atoms with E-state index in [4.69, 9.17) is 5.73 Å². The van der Waals surface area contributed by atoms with Gasteiger partial charge in [0.05, 0.1) is 11.6 Å². The topological polar surface area (TPSA) is 72.9 Å². The molecule has 0 atom stereocenters. The predicted molar refractivity (Wildman–Crippen MR) is 77.1 cm³/mol.